The van der Waals surface area contributed by atoms with E-state index < -0.39 is 21.8 Å². The van der Waals surface area contributed by atoms with E-state index in [4.69, 9.17) is 0 Å². The van der Waals surface area contributed by atoms with Gasteiger partial charge in [-0.3, -0.25) is 4.98 Å². The molecule has 4 rings (SSSR count). The molecule has 1 N–H and O–H groups in total. The minimum Gasteiger partial charge on any atom is -0.303 e. The number of halogens is 5. The molecule has 2 heterocycles. The Hall–Kier alpha value is -1.39. The Labute approximate surface area is 230 Å². The number of aromatic nitrogens is 1. The minimum absolute atomic E-state index is 0. The molecule has 1 aromatic heterocycles. The fraction of sp³-hybridized carbons (Fsp3) is 0.577. The minimum atomic E-state index is -4.29. The summed E-state index contributed by atoms with van der Waals surface area (Å²) in [4.78, 5) is 6.58. The zero-order valence-corrected chi connectivity index (χ0v) is 23.1. The van der Waals surface area contributed by atoms with Crippen LogP contribution in [0.5, 0.6) is 0 Å². The van der Waals surface area contributed by atoms with Crippen LogP contribution in [0.25, 0.3) is 0 Å². The lowest BCUT2D eigenvalue weighted by atomic mass is 9.84. The third kappa shape index (κ3) is 9.39. The molecule has 37 heavy (non-hydrogen) atoms. The predicted molar refractivity (Wildman–Crippen MR) is 144 cm³/mol. The summed E-state index contributed by atoms with van der Waals surface area (Å²) < 4.78 is 66.7. The van der Waals surface area contributed by atoms with E-state index in [2.05, 4.69) is 14.6 Å². The van der Waals surface area contributed by atoms with Gasteiger partial charge in [-0.05, 0) is 107 Å². The zero-order chi connectivity index (χ0) is 24.9. The summed E-state index contributed by atoms with van der Waals surface area (Å²) in [5.74, 6) is 1.04. The van der Waals surface area contributed by atoms with Crippen molar-refractivity contribution in [1.82, 2.24) is 14.6 Å². The Morgan fingerprint density at radius 2 is 1.65 bits per heavy atom. The maximum atomic E-state index is 13.0. The highest BCUT2D eigenvalue weighted by Gasteiger charge is 2.31. The second-order valence-electron chi connectivity index (χ2n) is 10.0. The summed E-state index contributed by atoms with van der Waals surface area (Å²) >= 11 is 0. The van der Waals surface area contributed by atoms with Crippen LogP contribution in [0.2, 0.25) is 0 Å². The number of hydrogen-bond acceptors (Lipinski definition) is 4. The number of likely N-dealkylation sites (tertiary alicyclic amines) is 1. The number of nitrogens with one attached hydrogen (secondary N) is 1. The number of hydrogen-bond donors (Lipinski definition) is 1. The third-order valence-corrected chi connectivity index (χ3v) is 8.96. The van der Waals surface area contributed by atoms with Crippen LogP contribution in [0.1, 0.15) is 56.1 Å². The molecular formula is C26H36Cl2F3N3O2S. The van der Waals surface area contributed by atoms with Crippen LogP contribution in [0, 0.1) is 11.8 Å². The van der Waals surface area contributed by atoms with Crippen molar-refractivity contribution in [3.63, 3.8) is 0 Å². The average Bonchev–Trinajstić information content (AvgIpc) is 2.84. The maximum Gasteiger partial charge on any atom is 0.416 e. The van der Waals surface area contributed by atoms with Crippen LogP contribution >= 0.6 is 24.8 Å². The van der Waals surface area contributed by atoms with Crippen molar-refractivity contribution in [3.05, 3.63) is 59.9 Å². The van der Waals surface area contributed by atoms with Crippen molar-refractivity contribution in [2.75, 3.05) is 19.6 Å². The Kier molecular flexibility index (Phi) is 12.1. The van der Waals surface area contributed by atoms with E-state index in [1.165, 1.54) is 18.3 Å². The molecule has 1 saturated heterocycles. The molecule has 2 aromatic rings. The first-order valence-corrected chi connectivity index (χ1v) is 14.0. The highest BCUT2D eigenvalue weighted by atomic mass is 35.5. The second kappa shape index (κ2) is 14.1. The van der Waals surface area contributed by atoms with Gasteiger partial charge in [0.25, 0.3) is 0 Å². The van der Waals surface area contributed by atoms with Gasteiger partial charge >= 0.3 is 6.18 Å². The molecular weight excluding hydrogens is 546 g/mol. The number of benzene rings is 1. The van der Waals surface area contributed by atoms with Crippen molar-refractivity contribution in [3.8, 4) is 0 Å². The van der Waals surface area contributed by atoms with Crippen LogP contribution < -0.4 is 4.72 Å². The summed E-state index contributed by atoms with van der Waals surface area (Å²) in [5, 5.41) is 0. The average molecular weight is 583 g/mol. The molecule has 0 bridgehead atoms. The van der Waals surface area contributed by atoms with E-state index in [1.807, 2.05) is 0 Å². The molecule has 0 unspecified atom stereocenters. The van der Waals surface area contributed by atoms with Gasteiger partial charge in [0.1, 0.15) is 4.90 Å². The van der Waals surface area contributed by atoms with E-state index in [0.717, 1.165) is 76.2 Å². The maximum absolute atomic E-state index is 13.0. The second-order valence-corrected chi connectivity index (χ2v) is 11.7. The monoisotopic (exact) mass is 581 g/mol. The molecule has 0 atom stereocenters. The van der Waals surface area contributed by atoms with Gasteiger partial charge in [-0.1, -0.05) is 18.2 Å². The molecule has 1 aliphatic carbocycles. The van der Waals surface area contributed by atoms with Crippen LogP contribution in [-0.2, 0) is 22.6 Å². The summed E-state index contributed by atoms with van der Waals surface area (Å²) in [6.07, 6.45) is 6.22. The van der Waals surface area contributed by atoms with Gasteiger partial charge in [0.15, 0.2) is 0 Å². The van der Waals surface area contributed by atoms with Crippen molar-refractivity contribution in [2.24, 2.45) is 11.8 Å². The quantitative estimate of drug-likeness (QED) is 0.407. The van der Waals surface area contributed by atoms with Crippen LogP contribution in [0.15, 0.2) is 53.7 Å². The molecule has 2 fully saturated rings. The van der Waals surface area contributed by atoms with Crippen LogP contribution in [0.3, 0.4) is 0 Å². The standard InChI is InChI=1S/C26H34F3N3O2S.2ClH/c27-26(28,29)23-4-1-3-22(18-23)17-21-11-15-32(16-12-21)14-10-20-6-8-24(9-7-20)31-35(33,34)25-5-2-13-30-19-25;;/h1-5,13,18-21,24,31H,6-12,14-17H2;2*1H. The highest BCUT2D eigenvalue weighted by Crippen LogP contribution is 2.32. The van der Waals surface area contributed by atoms with Gasteiger partial charge in [0.2, 0.25) is 10.0 Å². The molecule has 1 aliphatic heterocycles. The van der Waals surface area contributed by atoms with Gasteiger partial charge in [-0.25, -0.2) is 13.1 Å². The zero-order valence-electron chi connectivity index (χ0n) is 20.7. The van der Waals surface area contributed by atoms with E-state index in [0.29, 0.717) is 18.3 Å². The first-order chi connectivity index (χ1) is 16.7. The molecule has 0 amide bonds. The van der Waals surface area contributed by atoms with E-state index in [1.54, 1.807) is 24.4 Å². The van der Waals surface area contributed by atoms with E-state index in [-0.39, 0.29) is 35.8 Å². The van der Waals surface area contributed by atoms with Crippen molar-refractivity contribution < 1.29 is 21.6 Å². The number of alkyl halides is 3. The van der Waals surface area contributed by atoms with Crippen molar-refractivity contribution >= 4 is 34.8 Å². The first kappa shape index (κ1) is 31.8. The van der Waals surface area contributed by atoms with E-state index in [9.17, 15) is 21.6 Å². The number of nitrogens with zero attached hydrogens (tertiary/aromatic N) is 2. The van der Waals surface area contributed by atoms with Gasteiger partial charge in [0.05, 0.1) is 5.56 Å². The van der Waals surface area contributed by atoms with Crippen molar-refractivity contribution in [1.29, 1.82) is 0 Å². The fourth-order valence-corrected chi connectivity index (χ4v) is 6.62. The number of piperidine rings is 1. The number of rotatable bonds is 8. The normalized spacial score (nSPS) is 21.6. The molecule has 208 valence electrons. The molecule has 5 nitrogen and oxygen atoms in total. The molecule has 0 radical (unpaired) electrons. The van der Waals surface area contributed by atoms with Crippen LogP contribution in [-0.4, -0.2) is 44.0 Å². The smallest absolute Gasteiger partial charge is 0.303 e. The summed E-state index contributed by atoms with van der Waals surface area (Å²) in [5.41, 5.74) is 0.209. The largest absolute Gasteiger partial charge is 0.416 e. The highest BCUT2D eigenvalue weighted by molar-refractivity contribution is 7.89. The predicted octanol–water partition coefficient (Wildman–Crippen LogP) is 6.13. The topological polar surface area (TPSA) is 62.3 Å². The summed E-state index contributed by atoms with van der Waals surface area (Å²) in [6.45, 7) is 3.01. The van der Waals surface area contributed by atoms with Gasteiger partial charge in [0, 0.05) is 18.4 Å². The SMILES string of the molecule is Cl.Cl.O=S(=O)(NC1CCC(CCN2CCC(Cc3cccc(C(F)(F)F)c3)CC2)CC1)c1cccnc1. The third-order valence-electron chi connectivity index (χ3n) is 7.45. The van der Waals surface area contributed by atoms with Gasteiger partial charge in [-0.15, -0.1) is 24.8 Å². The Bertz CT molecular complexity index is 1060. The lowest BCUT2D eigenvalue weighted by molar-refractivity contribution is -0.137. The fourth-order valence-electron chi connectivity index (χ4n) is 5.35. The number of sulfonamides is 1. The molecule has 2 aliphatic rings. The Morgan fingerprint density at radius 3 is 2.27 bits per heavy atom. The van der Waals surface area contributed by atoms with Crippen LogP contribution in [0.4, 0.5) is 13.2 Å². The molecule has 1 aromatic carbocycles. The Balaban J connectivity index is 0.00000241. The first-order valence-electron chi connectivity index (χ1n) is 12.5. The molecule has 1 saturated carbocycles. The molecule has 11 heteroatoms. The summed E-state index contributed by atoms with van der Waals surface area (Å²) in [7, 11) is -3.52. The molecule has 0 spiro atoms. The van der Waals surface area contributed by atoms with E-state index >= 15 is 0 Å². The lowest BCUT2D eigenvalue weighted by Crippen LogP contribution is -2.39. The Morgan fingerprint density at radius 1 is 0.946 bits per heavy atom. The summed E-state index contributed by atoms with van der Waals surface area (Å²) in [6, 6.07) is 8.89. The van der Waals surface area contributed by atoms with Crippen molar-refractivity contribution in [2.45, 2.75) is 68.5 Å². The van der Waals surface area contributed by atoms with Gasteiger partial charge < -0.3 is 4.90 Å². The van der Waals surface area contributed by atoms with Gasteiger partial charge in [-0.2, -0.15) is 13.2 Å². The lowest BCUT2D eigenvalue weighted by Gasteiger charge is -2.34. The number of pyridine rings is 1.